The maximum Gasteiger partial charge on any atom is 0.167 e. The Bertz CT molecular complexity index is 1280. The summed E-state index contributed by atoms with van der Waals surface area (Å²) < 4.78 is 8.24. The highest BCUT2D eigenvalue weighted by molar-refractivity contribution is 5.83. The normalized spacial score (nSPS) is 21.2. The van der Waals surface area contributed by atoms with E-state index in [1.54, 1.807) is 12.7 Å². The molecule has 2 aromatic heterocycles. The Morgan fingerprint density at radius 2 is 1.56 bits per heavy atom. The molecule has 0 bridgehead atoms. The van der Waals surface area contributed by atoms with Crippen LogP contribution in [0.15, 0.2) is 73.3 Å². The van der Waals surface area contributed by atoms with Crippen LogP contribution in [0.3, 0.4) is 0 Å². The number of hydrogen-bond acceptors (Lipinski definition) is 8. The van der Waals surface area contributed by atoms with E-state index in [1.807, 2.05) is 16.7 Å². The Morgan fingerprint density at radius 3 is 2.31 bits per heavy atom. The predicted molar refractivity (Wildman–Crippen MR) is 139 cm³/mol. The molecule has 1 N–H and O–H groups in total. The van der Waals surface area contributed by atoms with Crippen LogP contribution in [0.4, 0.5) is 11.5 Å². The van der Waals surface area contributed by atoms with Crippen LogP contribution < -0.4 is 9.80 Å². The summed E-state index contributed by atoms with van der Waals surface area (Å²) >= 11 is 0. The molecule has 9 heteroatoms. The fourth-order valence-corrected chi connectivity index (χ4v) is 5.21. The van der Waals surface area contributed by atoms with E-state index in [1.165, 1.54) is 11.3 Å². The molecule has 0 spiro atoms. The molecule has 0 saturated carbocycles. The molecule has 4 aromatic rings. The molecule has 6 rings (SSSR count). The van der Waals surface area contributed by atoms with Crippen molar-refractivity contribution in [1.29, 1.82) is 0 Å². The number of piperazine rings is 1. The van der Waals surface area contributed by atoms with Crippen LogP contribution in [0, 0.1) is 0 Å². The third kappa shape index (κ3) is 4.65. The molecule has 186 valence electrons. The minimum Gasteiger partial charge on any atom is -0.394 e. The number of benzene rings is 2. The number of aliphatic hydroxyl groups is 1. The van der Waals surface area contributed by atoms with Crippen molar-refractivity contribution in [2.75, 3.05) is 55.7 Å². The van der Waals surface area contributed by atoms with Gasteiger partial charge in [-0.25, -0.2) is 15.0 Å². The number of fused-ring (bicyclic) bond motifs is 1. The van der Waals surface area contributed by atoms with Gasteiger partial charge in [0.1, 0.15) is 12.6 Å². The lowest BCUT2D eigenvalue weighted by Crippen LogP contribution is -2.47. The van der Waals surface area contributed by atoms with Crippen molar-refractivity contribution >= 4 is 22.7 Å². The van der Waals surface area contributed by atoms with Crippen LogP contribution in [0.5, 0.6) is 0 Å². The van der Waals surface area contributed by atoms with E-state index in [-0.39, 0.29) is 18.9 Å². The number of aromatic nitrogens is 4. The van der Waals surface area contributed by atoms with Gasteiger partial charge < -0.3 is 19.6 Å². The predicted octanol–water partition coefficient (Wildman–Crippen LogP) is 2.54. The van der Waals surface area contributed by atoms with Gasteiger partial charge in [-0.15, -0.1) is 0 Å². The molecule has 2 atom stereocenters. The van der Waals surface area contributed by atoms with Crippen LogP contribution >= 0.6 is 0 Å². The second-order valence-electron chi connectivity index (χ2n) is 9.41. The molecule has 36 heavy (non-hydrogen) atoms. The third-order valence-corrected chi connectivity index (χ3v) is 7.03. The Kier molecular flexibility index (Phi) is 6.50. The first kappa shape index (κ1) is 22.9. The zero-order valence-corrected chi connectivity index (χ0v) is 20.2. The number of aliphatic hydroxyl groups excluding tert-OH is 1. The van der Waals surface area contributed by atoms with E-state index in [0.717, 1.165) is 49.7 Å². The van der Waals surface area contributed by atoms with Crippen LogP contribution in [0.1, 0.15) is 11.8 Å². The molecule has 0 unspecified atom stereocenters. The van der Waals surface area contributed by atoms with Gasteiger partial charge in [-0.1, -0.05) is 48.5 Å². The number of morpholine rings is 1. The molecule has 4 heterocycles. The van der Waals surface area contributed by atoms with Crippen molar-refractivity contribution < 1.29 is 9.84 Å². The lowest BCUT2D eigenvalue weighted by molar-refractivity contribution is -0.135. The summed E-state index contributed by atoms with van der Waals surface area (Å²) in [7, 11) is 0. The van der Waals surface area contributed by atoms with E-state index >= 15 is 0 Å². The number of anilines is 2. The quantitative estimate of drug-likeness (QED) is 0.446. The number of imidazole rings is 1. The number of rotatable bonds is 6. The first-order chi connectivity index (χ1) is 17.8. The second-order valence-corrected chi connectivity index (χ2v) is 9.41. The molecule has 0 aliphatic carbocycles. The van der Waals surface area contributed by atoms with Gasteiger partial charge in [0, 0.05) is 51.5 Å². The fourth-order valence-electron chi connectivity index (χ4n) is 5.21. The van der Waals surface area contributed by atoms with Crippen molar-refractivity contribution in [3.63, 3.8) is 0 Å². The Labute approximate surface area is 210 Å². The summed E-state index contributed by atoms with van der Waals surface area (Å²) in [6, 6.07) is 20.9. The number of para-hydroxylation sites is 1. The average Bonchev–Trinajstić information content (AvgIpc) is 3.38. The van der Waals surface area contributed by atoms with Gasteiger partial charge in [0.2, 0.25) is 0 Å². The average molecular weight is 486 g/mol. The van der Waals surface area contributed by atoms with Crippen molar-refractivity contribution in [3.05, 3.63) is 78.9 Å². The highest BCUT2D eigenvalue weighted by atomic mass is 16.5. The Hall–Kier alpha value is -3.53. The standard InChI is InChI=1S/C27H31N7O2/c35-18-23-16-31(15-21-7-3-1-4-8-21)17-24(36-23)34-20-30-25-26(28-19-29-27(25)34)33-13-11-32(12-14-33)22-9-5-2-6-10-22/h1-10,19-20,23-24,35H,11-18H2/t23-,24+/m0/s1. The van der Waals surface area contributed by atoms with Crippen LogP contribution in [0.25, 0.3) is 11.2 Å². The Balaban J connectivity index is 1.21. The molecule has 2 aromatic carbocycles. The van der Waals surface area contributed by atoms with Crippen molar-refractivity contribution in [3.8, 4) is 0 Å². The first-order valence-electron chi connectivity index (χ1n) is 12.5. The summed E-state index contributed by atoms with van der Waals surface area (Å²) in [5.74, 6) is 0.863. The number of hydrogen-bond donors (Lipinski definition) is 1. The summed E-state index contributed by atoms with van der Waals surface area (Å²) in [5, 5.41) is 9.91. The molecule has 2 aliphatic heterocycles. The lowest BCUT2D eigenvalue weighted by Gasteiger charge is -2.38. The highest BCUT2D eigenvalue weighted by Gasteiger charge is 2.31. The highest BCUT2D eigenvalue weighted by Crippen LogP contribution is 2.29. The second kappa shape index (κ2) is 10.2. The van der Waals surface area contributed by atoms with Gasteiger partial charge in [-0.05, 0) is 17.7 Å². The van der Waals surface area contributed by atoms with Crippen molar-refractivity contribution in [2.45, 2.75) is 18.9 Å². The largest absolute Gasteiger partial charge is 0.394 e. The molecule has 9 nitrogen and oxygen atoms in total. The minimum atomic E-state index is -0.290. The fraction of sp³-hybridized carbons (Fsp3) is 0.370. The van der Waals surface area contributed by atoms with Gasteiger partial charge in [-0.3, -0.25) is 9.47 Å². The molecule has 0 radical (unpaired) electrons. The molecular weight excluding hydrogens is 454 g/mol. The van der Waals surface area contributed by atoms with E-state index < -0.39 is 0 Å². The van der Waals surface area contributed by atoms with E-state index in [9.17, 15) is 5.11 Å². The van der Waals surface area contributed by atoms with Crippen LogP contribution in [-0.4, -0.2) is 81.5 Å². The van der Waals surface area contributed by atoms with Gasteiger partial charge >= 0.3 is 0 Å². The molecule has 0 amide bonds. The van der Waals surface area contributed by atoms with E-state index in [0.29, 0.717) is 13.1 Å². The van der Waals surface area contributed by atoms with Gasteiger partial charge in [-0.2, -0.15) is 0 Å². The molecule has 2 saturated heterocycles. The molecule has 2 aliphatic rings. The monoisotopic (exact) mass is 485 g/mol. The zero-order valence-electron chi connectivity index (χ0n) is 20.2. The first-order valence-corrected chi connectivity index (χ1v) is 12.5. The van der Waals surface area contributed by atoms with Crippen molar-refractivity contribution in [2.24, 2.45) is 0 Å². The van der Waals surface area contributed by atoms with Crippen LogP contribution in [-0.2, 0) is 11.3 Å². The maximum absolute atomic E-state index is 9.91. The summed E-state index contributed by atoms with van der Waals surface area (Å²) in [5.41, 5.74) is 4.04. The third-order valence-electron chi connectivity index (χ3n) is 7.03. The van der Waals surface area contributed by atoms with E-state index in [4.69, 9.17) is 9.72 Å². The zero-order chi connectivity index (χ0) is 24.3. The SMILES string of the molecule is OC[C@@H]1CN(Cc2ccccc2)C[C@H](n2cnc3c(N4CCN(c5ccccc5)CC4)ncnc32)O1. The smallest absolute Gasteiger partial charge is 0.167 e. The van der Waals surface area contributed by atoms with Crippen LogP contribution in [0.2, 0.25) is 0 Å². The Morgan fingerprint density at radius 1 is 0.833 bits per heavy atom. The topological polar surface area (TPSA) is 82.8 Å². The van der Waals surface area contributed by atoms with Crippen molar-refractivity contribution in [1.82, 2.24) is 24.4 Å². The molecule has 2 fully saturated rings. The summed E-state index contributed by atoms with van der Waals surface area (Å²) in [6.45, 7) is 5.72. The van der Waals surface area contributed by atoms with Gasteiger partial charge in [0.05, 0.1) is 19.0 Å². The summed E-state index contributed by atoms with van der Waals surface area (Å²) in [6.07, 6.45) is 2.86. The van der Waals surface area contributed by atoms with E-state index in [2.05, 4.69) is 73.2 Å². The van der Waals surface area contributed by atoms with Gasteiger partial charge in [0.15, 0.2) is 17.0 Å². The number of ether oxygens (including phenoxy) is 1. The minimum absolute atomic E-state index is 0.0274. The number of nitrogens with zero attached hydrogens (tertiary/aromatic N) is 7. The lowest BCUT2D eigenvalue weighted by atomic mass is 10.2. The van der Waals surface area contributed by atoms with Gasteiger partial charge in [0.25, 0.3) is 0 Å². The maximum atomic E-state index is 9.91. The molecular formula is C27H31N7O2. The summed E-state index contributed by atoms with van der Waals surface area (Å²) in [4.78, 5) is 20.9.